The summed E-state index contributed by atoms with van der Waals surface area (Å²) < 4.78 is 28.4. The maximum absolute atomic E-state index is 14.2. The molecule has 0 aromatic heterocycles. The second-order valence-electron chi connectivity index (χ2n) is 5.85. The highest BCUT2D eigenvalue weighted by Crippen LogP contribution is 2.40. The predicted octanol–water partition coefficient (Wildman–Crippen LogP) is 2.75. The van der Waals surface area contributed by atoms with Crippen LogP contribution in [0.5, 0.6) is 0 Å². The van der Waals surface area contributed by atoms with Crippen LogP contribution in [-0.4, -0.2) is 23.4 Å². The number of benzene rings is 1. The second-order valence-corrected chi connectivity index (χ2v) is 5.85. The summed E-state index contributed by atoms with van der Waals surface area (Å²) in [5, 5.41) is 0. The number of halogens is 2. The van der Waals surface area contributed by atoms with Crippen molar-refractivity contribution in [2.75, 3.05) is 6.54 Å². The van der Waals surface area contributed by atoms with Gasteiger partial charge in [-0.15, -0.1) is 0 Å². The zero-order valence-electron chi connectivity index (χ0n) is 11.6. The van der Waals surface area contributed by atoms with E-state index in [-0.39, 0.29) is 11.6 Å². The Kier molecular flexibility index (Phi) is 3.15. The summed E-state index contributed by atoms with van der Waals surface area (Å²) in [7, 11) is 0. The minimum absolute atomic E-state index is 0.0797. The molecule has 1 heterocycles. The molecule has 0 amide bonds. The maximum atomic E-state index is 14.2. The lowest BCUT2D eigenvalue weighted by atomic mass is 9.88. The lowest BCUT2D eigenvalue weighted by Crippen LogP contribution is -2.52. The van der Waals surface area contributed by atoms with Crippen LogP contribution in [0.25, 0.3) is 0 Å². The molecule has 0 bridgehead atoms. The molecular formula is C15H19F2N3. The molecule has 0 radical (unpaired) electrons. The highest BCUT2D eigenvalue weighted by molar-refractivity contribution is 5.81. The molecule has 1 aliphatic carbocycles. The molecule has 1 aromatic rings. The van der Waals surface area contributed by atoms with Crippen LogP contribution in [-0.2, 0) is 5.54 Å². The molecule has 1 aromatic carbocycles. The molecule has 5 heteroatoms. The Balaban J connectivity index is 2.06. The smallest absolute Gasteiger partial charge is 0.192 e. The van der Waals surface area contributed by atoms with Gasteiger partial charge < -0.3 is 10.6 Å². The largest absolute Gasteiger partial charge is 0.370 e. The standard InChI is InChI=1S/C15H19F2N3/c1-15(13-11(16)7-4-8-12(13)17)9-19-14(18)20(15)10-5-2-3-6-10/h4,7-8,10H,2-3,5-6,9H2,1H3,(H2,18,19). The lowest BCUT2D eigenvalue weighted by molar-refractivity contribution is 0.157. The fourth-order valence-electron chi connectivity index (χ4n) is 3.60. The van der Waals surface area contributed by atoms with Crippen LogP contribution in [0, 0.1) is 11.6 Å². The molecule has 3 nitrogen and oxygen atoms in total. The monoisotopic (exact) mass is 279 g/mol. The van der Waals surface area contributed by atoms with Crippen molar-refractivity contribution >= 4 is 5.96 Å². The Morgan fingerprint density at radius 3 is 2.45 bits per heavy atom. The van der Waals surface area contributed by atoms with E-state index < -0.39 is 17.2 Å². The van der Waals surface area contributed by atoms with Gasteiger partial charge in [-0.05, 0) is 31.9 Å². The average molecular weight is 279 g/mol. The van der Waals surface area contributed by atoms with Crippen molar-refractivity contribution in [3.8, 4) is 0 Å². The summed E-state index contributed by atoms with van der Waals surface area (Å²) in [5.41, 5.74) is 5.26. The predicted molar refractivity (Wildman–Crippen MR) is 74.3 cm³/mol. The molecule has 1 aliphatic heterocycles. The maximum Gasteiger partial charge on any atom is 0.192 e. The number of nitrogens with zero attached hydrogens (tertiary/aromatic N) is 2. The highest BCUT2D eigenvalue weighted by atomic mass is 19.1. The van der Waals surface area contributed by atoms with Gasteiger partial charge in [0.05, 0.1) is 17.6 Å². The van der Waals surface area contributed by atoms with Gasteiger partial charge in [0.25, 0.3) is 0 Å². The fourth-order valence-corrected chi connectivity index (χ4v) is 3.60. The van der Waals surface area contributed by atoms with Crippen molar-refractivity contribution in [2.24, 2.45) is 10.7 Å². The van der Waals surface area contributed by atoms with Gasteiger partial charge >= 0.3 is 0 Å². The molecule has 20 heavy (non-hydrogen) atoms. The van der Waals surface area contributed by atoms with E-state index in [2.05, 4.69) is 4.99 Å². The zero-order valence-corrected chi connectivity index (χ0v) is 11.6. The van der Waals surface area contributed by atoms with E-state index in [1.165, 1.54) is 18.2 Å². The molecule has 1 unspecified atom stereocenters. The first-order valence-electron chi connectivity index (χ1n) is 7.08. The molecule has 1 atom stereocenters. The molecule has 0 saturated heterocycles. The first-order valence-corrected chi connectivity index (χ1v) is 7.08. The Hall–Kier alpha value is -1.65. The van der Waals surface area contributed by atoms with E-state index in [0.29, 0.717) is 12.5 Å². The van der Waals surface area contributed by atoms with Crippen LogP contribution in [0.1, 0.15) is 38.2 Å². The summed E-state index contributed by atoms with van der Waals surface area (Å²) in [6.07, 6.45) is 4.26. The van der Waals surface area contributed by atoms with Gasteiger partial charge in [-0.1, -0.05) is 18.9 Å². The molecular weight excluding hydrogens is 260 g/mol. The Morgan fingerprint density at radius 1 is 1.25 bits per heavy atom. The van der Waals surface area contributed by atoms with Crippen LogP contribution in [0.15, 0.2) is 23.2 Å². The normalized spacial score (nSPS) is 27.1. The van der Waals surface area contributed by atoms with E-state index in [1.54, 1.807) is 0 Å². The van der Waals surface area contributed by atoms with E-state index in [0.717, 1.165) is 25.7 Å². The third-order valence-electron chi connectivity index (χ3n) is 4.52. The van der Waals surface area contributed by atoms with Crippen LogP contribution in [0.4, 0.5) is 8.78 Å². The first kappa shape index (κ1) is 13.3. The minimum atomic E-state index is -0.825. The van der Waals surface area contributed by atoms with Crippen LogP contribution in [0.3, 0.4) is 0 Å². The topological polar surface area (TPSA) is 41.6 Å². The molecule has 2 aliphatic rings. The molecule has 108 valence electrons. The third-order valence-corrected chi connectivity index (χ3v) is 4.52. The molecule has 3 rings (SSSR count). The summed E-state index contributed by atoms with van der Waals surface area (Å²) in [6, 6.07) is 4.21. The summed E-state index contributed by atoms with van der Waals surface area (Å²) in [6.45, 7) is 2.13. The fraction of sp³-hybridized carbons (Fsp3) is 0.533. The van der Waals surface area contributed by atoms with Gasteiger partial charge in [0, 0.05) is 6.04 Å². The second kappa shape index (κ2) is 4.72. The lowest BCUT2D eigenvalue weighted by Gasteiger charge is -2.41. The van der Waals surface area contributed by atoms with E-state index in [4.69, 9.17) is 5.73 Å². The number of rotatable bonds is 2. The Morgan fingerprint density at radius 2 is 1.85 bits per heavy atom. The molecule has 1 saturated carbocycles. The van der Waals surface area contributed by atoms with Crippen molar-refractivity contribution in [1.29, 1.82) is 0 Å². The van der Waals surface area contributed by atoms with Gasteiger partial charge in [-0.3, -0.25) is 4.99 Å². The molecule has 1 fully saturated rings. The van der Waals surface area contributed by atoms with Gasteiger partial charge in [-0.2, -0.15) is 0 Å². The number of nitrogens with two attached hydrogens (primary N) is 1. The average Bonchev–Trinajstić information content (AvgIpc) is 2.98. The highest BCUT2D eigenvalue weighted by Gasteiger charge is 2.46. The quantitative estimate of drug-likeness (QED) is 0.904. The number of aliphatic imine (C=N–C) groups is 1. The van der Waals surface area contributed by atoms with Crippen LogP contribution in [0.2, 0.25) is 0 Å². The van der Waals surface area contributed by atoms with Gasteiger partial charge in [-0.25, -0.2) is 8.78 Å². The number of hydrogen-bond donors (Lipinski definition) is 1. The Labute approximate surface area is 117 Å². The minimum Gasteiger partial charge on any atom is -0.370 e. The van der Waals surface area contributed by atoms with Crippen molar-refractivity contribution in [3.63, 3.8) is 0 Å². The van der Waals surface area contributed by atoms with Crippen molar-refractivity contribution < 1.29 is 8.78 Å². The van der Waals surface area contributed by atoms with Gasteiger partial charge in [0.1, 0.15) is 11.6 Å². The van der Waals surface area contributed by atoms with E-state index in [9.17, 15) is 8.78 Å². The molecule has 2 N–H and O–H groups in total. The third kappa shape index (κ3) is 1.87. The van der Waals surface area contributed by atoms with Crippen molar-refractivity contribution in [2.45, 2.75) is 44.2 Å². The summed E-state index contributed by atoms with van der Waals surface area (Å²) >= 11 is 0. The molecule has 0 spiro atoms. The van der Waals surface area contributed by atoms with E-state index in [1.807, 2.05) is 11.8 Å². The summed E-state index contributed by atoms with van der Waals surface area (Å²) in [4.78, 5) is 6.19. The van der Waals surface area contributed by atoms with Crippen LogP contribution < -0.4 is 5.73 Å². The first-order chi connectivity index (χ1) is 9.54. The van der Waals surface area contributed by atoms with Gasteiger partial charge in [0.2, 0.25) is 0 Å². The van der Waals surface area contributed by atoms with Crippen molar-refractivity contribution in [1.82, 2.24) is 4.90 Å². The summed E-state index contributed by atoms with van der Waals surface area (Å²) in [5.74, 6) is -0.650. The Bertz CT molecular complexity index is 532. The number of guanidine groups is 1. The van der Waals surface area contributed by atoms with Crippen LogP contribution >= 0.6 is 0 Å². The SMILES string of the molecule is CC1(c2c(F)cccc2F)CN=C(N)N1C1CCCC1. The van der Waals surface area contributed by atoms with Crippen molar-refractivity contribution in [3.05, 3.63) is 35.4 Å². The number of hydrogen-bond acceptors (Lipinski definition) is 3. The van der Waals surface area contributed by atoms with E-state index >= 15 is 0 Å². The van der Waals surface area contributed by atoms with Gasteiger partial charge in [0.15, 0.2) is 5.96 Å². The zero-order chi connectivity index (χ0) is 14.3.